The lowest BCUT2D eigenvalue weighted by Gasteiger charge is -2.41. The maximum atomic E-state index is 12.6. The van der Waals surface area contributed by atoms with E-state index >= 15 is 0 Å². The maximum Gasteiger partial charge on any atom is 0.326 e. The van der Waals surface area contributed by atoms with Crippen molar-refractivity contribution in [1.82, 2.24) is 14.5 Å². The number of imidazole rings is 1. The number of aromatic nitrogens is 2. The first kappa shape index (κ1) is 19.5. The second-order valence-corrected chi connectivity index (χ2v) is 8.29. The molecule has 0 spiro atoms. The highest BCUT2D eigenvalue weighted by molar-refractivity contribution is 6.34. The molecular formula is C21H27ClN4O2. The molecule has 7 heteroatoms. The van der Waals surface area contributed by atoms with Gasteiger partial charge in [0.25, 0.3) is 0 Å². The van der Waals surface area contributed by atoms with Gasteiger partial charge in [-0.2, -0.15) is 0 Å². The van der Waals surface area contributed by atoms with Gasteiger partial charge in [0.2, 0.25) is 5.69 Å². The minimum Gasteiger partial charge on any atom is -0.379 e. The van der Waals surface area contributed by atoms with Gasteiger partial charge in [-0.1, -0.05) is 11.6 Å². The van der Waals surface area contributed by atoms with Crippen molar-refractivity contribution in [3.8, 4) is 0 Å². The van der Waals surface area contributed by atoms with E-state index in [2.05, 4.69) is 21.7 Å². The lowest BCUT2D eigenvalue weighted by atomic mass is 9.90. The van der Waals surface area contributed by atoms with E-state index in [1.54, 1.807) is 12.1 Å². The fraction of sp³-hybridized carbons (Fsp3) is 0.619. The van der Waals surface area contributed by atoms with Gasteiger partial charge >= 0.3 is 5.69 Å². The zero-order chi connectivity index (χ0) is 19.7. The third kappa shape index (κ3) is 3.71. The summed E-state index contributed by atoms with van der Waals surface area (Å²) >= 11 is 6.13. The number of aromatic amines is 1. The topological polar surface area (TPSA) is 54.6 Å². The standard InChI is InChI=1S/C21H27ClN4O2/c1-3-28-16-6-4-14(5-7-16)25-10-8-15(9-11-25)26-20-13-18(23-2)17(22)12-19(20)24-21(26)27/h12-16H,3-11H2,1H3,(H,24,27)/t14-,16-. The zero-order valence-corrected chi connectivity index (χ0v) is 17.0. The van der Waals surface area contributed by atoms with E-state index in [0.717, 1.165) is 50.9 Å². The van der Waals surface area contributed by atoms with Crippen molar-refractivity contribution in [3.63, 3.8) is 0 Å². The average molecular weight is 403 g/mol. The van der Waals surface area contributed by atoms with Crippen LogP contribution in [-0.2, 0) is 4.74 Å². The Bertz CT molecular complexity index is 928. The summed E-state index contributed by atoms with van der Waals surface area (Å²) in [5, 5.41) is 0.383. The van der Waals surface area contributed by atoms with Gasteiger partial charge in [0, 0.05) is 36.8 Å². The smallest absolute Gasteiger partial charge is 0.326 e. The summed E-state index contributed by atoms with van der Waals surface area (Å²) in [4.78, 5) is 21.6. The number of fused-ring (bicyclic) bond motifs is 1. The Kier molecular flexibility index (Phi) is 5.77. The Morgan fingerprint density at radius 1 is 1.18 bits per heavy atom. The highest BCUT2D eigenvalue weighted by Gasteiger charge is 2.30. The first-order chi connectivity index (χ1) is 13.6. The lowest BCUT2D eigenvalue weighted by Crippen LogP contribution is -2.45. The van der Waals surface area contributed by atoms with E-state index in [9.17, 15) is 4.79 Å². The Morgan fingerprint density at radius 3 is 2.54 bits per heavy atom. The Hall–Kier alpha value is -1.81. The molecule has 150 valence electrons. The molecule has 0 unspecified atom stereocenters. The molecule has 0 bridgehead atoms. The van der Waals surface area contributed by atoms with Crippen molar-refractivity contribution in [2.45, 2.75) is 63.6 Å². The summed E-state index contributed by atoms with van der Waals surface area (Å²) in [5.41, 5.74) is 1.78. The zero-order valence-electron chi connectivity index (χ0n) is 16.3. The monoisotopic (exact) mass is 402 g/mol. The molecule has 1 N–H and O–H groups in total. The minimum atomic E-state index is -0.108. The van der Waals surface area contributed by atoms with Crippen LogP contribution >= 0.6 is 11.6 Å². The van der Waals surface area contributed by atoms with Gasteiger partial charge in [-0.15, -0.1) is 0 Å². The molecule has 1 aromatic carbocycles. The molecule has 0 atom stereocenters. The molecule has 1 saturated carbocycles. The summed E-state index contributed by atoms with van der Waals surface area (Å²) in [5.74, 6) is 0. The molecule has 2 fully saturated rings. The van der Waals surface area contributed by atoms with Gasteiger partial charge in [-0.25, -0.2) is 9.64 Å². The Labute approximate surface area is 170 Å². The van der Waals surface area contributed by atoms with Crippen LogP contribution in [0.3, 0.4) is 0 Å². The Balaban J connectivity index is 1.45. The number of rotatable bonds is 4. The molecule has 1 aromatic heterocycles. The quantitative estimate of drug-likeness (QED) is 0.765. The van der Waals surface area contributed by atoms with Gasteiger partial charge in [0.05, 0.1) is 23.7 Å². The number of nitrogens with one attached hydrogen (secondary N) is 1. The van der Waals surface area contributed by atoms with Crippen LogP contribution < -0.4 is 5.69 Å². The van der Waals surface area contributed by atoms with E-state index in [-0.39, 0.29) is 11.7 Å². The highest BCUT2D eigenvalue weighted by Crippen LogP contribution is 2.33. The van der Waals surface area contributed by atoms with E-state index in [1.165, 1.54) is 12.8 Å². The van der Waals surface area contributed by atoms with Crippen molar-refractivity contribution in [2.75, 3.05) is 19.7 Å². The number of halogens is 1. The molecule has 28 heavy (non-hydrogen) atoms. The van der Waals surface area contributed by atoms with E-state index in [1.807, 2.05) is 4.57 Å². The van der Waals surface area contributed by atoms with Crippen molar-refractivity contribution in [3.05, 3.63) is 39.1 Å². The third-order valence-electron chi connectivity index (χ3n) is 6.33. The van der Waals surface area contributed by atoms with Gasteiger partial charge in [0.1, 0.15) is 0 Å². The van der Waals surface area contributed by atoms with Crippen molar-refractivity contribution >= 4 is 28.3 Å². The first-order valence-corrected chi connectivity index (χ1v) is 10.7. The number of H-pyrrole nitrogens is 1. The van der Waals surface area contributed by atoms with Crippen LogP contribution in [0.25, 0.3) is 15.9 Å². The summed E-state index contributed by atoms with van der Waals surface area (Å²) in [6, 6.07) is 4.24. The van der Waals surface area contributed by atoms with Crippen LogP contribution in [0, 0.1) is 6.57 Å². The molecule has 0 amide bonds. The van der Waals surface area contributed by atoms with Gasteiger partial charge in [-0.3, -0.25) is 4.57 Å². The molecular weight excluding hydrogens is 376 g/mol. The number of nitrogens with zero attached hydrogens (tertiary/aromatic N) is 3. The van der Waals surface area contributed by atoms with Crippen molar-refractivity contribution in [2.24, 2.45) is 0 Å². The van der Waals surface area contributed by atoms with Gasteiger partial charge in [-0.05, 0) is 57.6 Å². The molecule has 2 aromatic rings. The normalized spacial score (nSPS) is 24.5. The Morgan fingerprint density at radius 2 is 1.89 bits per heavy atom. The second kappa shape index (κ2) is 8.28. The molecule has 4 rings (SSSR count). The summed E-state index contributed by atoms with van der Waals surface area (Å²) in [7, 11) is 0. The number of likely N-dealkylation sites (tertiary alicyclic amines) is 1. The summed E-state index contributed by atoms with van der Waals surface area (Å²) < 4.78 is 7.61. The molecule has 6 nitrogen and oxygen atoms in total. The number of benzene rings is 1. The molecule has 2 heterocycles. The highest BCUT2D eigenvalue weighted by atomic mass is 35.5. The molecule has 1 saturated heterocycles. The van der Waals surface area contributed by atoms with Crippen LogP contribution in [0.15, 0.2) is 16.9 Å². The van der Waals surface area contributed by atoms with Gasteiger partial charge in [0.15, 0.2) is 0 Å². The predicted octanol–water partition coefficient (Wildman–Crippen LogP) is 4.52. The molecule has 1 aliphatic carbocycles. The van der Waals surface area contributed by atoms with E-state index in [0.29, 0.717) is 28.4 Å². The second-order valence-electron chi connectivity index (χ2n) is 7.89. The predicted molar refractivity (Wildman–Crippen MR) is 111 cm³/mol. The summed E-state index contributed by atoms with van der Waals surface area (Å²) in [6.07, 6.45) is 7.06. The third-order valence-corrected chi connectivity index (χ3v) is 6.63. The molecule has 1 aliphatic heterocycles. The van der Waals surface area contributed by atoms with E-state index in [4.69, 9.17) is 22.9 Å². The minimum absolute atomic E-state index is 0.108. The summed E-state index contributed by atoms with van der Waals surface area (Å²) in [6.45, 7) is 12.2. The molecule has 2 aliphatic rings. The average Bonchev–Trinajstić information content (AvgIpc) is 3.02. The number of hydrogen-bond acceptors (Lipinski definition) is 3. The number of ether oxygens (including phenoxy) is 1. The van der Waals surface area contributed by atoms with E-state index < -0.39 is 0 Å². The van der Waals surface area contributed by atoms with Gasteiger partial charge < -0.3 is 14.6 Å². The first-order valence-electron chi connectivity index (χ1n) is 10.3. The number of piperidine rings is 1. The van der Waals surface area contributed by atoms with Crippen LogP contribution in [0.5, 0.6) is 0 Å². The maximum absolute atomic E-state index is 12.6. The van der Waals surface area contributed by atoms with Crippen LogP contribution in [0.2, 0.25) is 5.02 Å². The fourth-order valence-electron chi connectivity index (χ4n) is 4.91. The fourth-order valence-corrected chi connectivity index (χ4v) is 5.11. The van der Waals surface area contributed by atoms with Crippen LogP contribution in [0.4, 0.5) is 5.69 Å². The molecule has 0 radical (unpaired) electrons. The van der Waals surface area contributed by atoms with Crippen molar-refractivity contribution < 1.29 is 4.74 Å². The largest absolute Gasteiger partial charge is 0.379 e. The van der Waals surface area contributed by atoms with Crippen molar-refractivity contribution in [1.29, 1.82) is 0 Å². The lowest BCUT2D eigenvalue weighted by molar-refractivity contribution is 0.00796. The van der Waals surface area contributed by atoms with Crippen LogP contribution in [0.1, 0.15) is 51.5 Å². The van der Waals surface area contributed by atoms with Crippen LogP contribution in [-0.4, -0.2) is 46.3 Å². The number of hydrogen-bond donors (Lipinski definition) is 1. The SMILES string of the molecule is [C-]#[N+]c1cc2c(cc1Cl)[nH]c(=O)n2C1CCN([C@H]2CC[C@H](OCC)CC2)CC1.